The largest absolute Gasteiger partial charge is 0.390 e. The fourth-order valence-corrected chi connectivity index (χ4v) is 3.12. The zero-order chi connectivity index (χ0) is 14.8. The number of carbonyl (C=O) groups is 1. The van der Waals surface area contributed by atoms with Crippen molar-refractivity contribution in [3.05, 3.63) is 65.2 Å². The van der Waals surface area contributed by atoms with E-state index in [1.807, 2.05) is 54.8 Å². The predicted octanol–water partition coefficient (Wildman–Crippen LogP) is 2.80. The van der Waals surface area contributed by atoms with Crippen molar-refractivity contribution in [1.82, 2.24) is 5.32 Å². The van der Waals surface area contributed by atoms with Crippen LogP contribution in [0.2, 0.25) is 0 Å². The maximum atomic E-state index is 12.3. The van der Waals surface area contributed by atoms with Crippen molar-refractivity contribution in [3.63, 3.8) is 0 Å². The summed E-state index contributed by atoms with van der Waals surface area (Å²) in [5.74, 6) is -0.150. The van der Waals surface area contributed by atoms with Gasteiger partial charge in [0.1, 0.15) is 0 Å². The Hall–Kier alpha value is -1.78. The van der Waals surface area contributed by atoms with Gasteiger partial charge in [0.15, 0.2) is 0 Å². The van der Waals surface area contributed by atoms with Crippen LogP contribution in [0.5, 0.6) is 0 Å². The summed E-state index contributed by atoms with van der Waals surface area (Å²) in [6, 6.07) is 15.0. The fourth-order valence-electron chi connectivity index (χ4n) is 2.71. The Balaban J connectivity index is 1.78. The van der Waals surface area contributed by atoms with Gasteiger partial charge in [-0.25, -0.2) is 0 Å². The summed E-state index contributed by atoms with van der Waals surface area (Å²) in [6.07, 6.45) is 2.03. The number of hydrogen-bond acceptors (Lipinski definition) is 3. The third-order valence-corrected chi connectivity index (χ3v) is 4.59. The second-order valence-electron chi connectivity index (χ2n) is 5.15. The maximum Gasteiger partial charge on any atom is 0.251 e. The van der Waals surface area contributed by atoms with Gasteiger partial charge in [0.25, 0.3) is 5.91 Å². The second-order valence-corrected chi connectivity index (χ2v) is 6.03. The summed E-state index contributed by atoms with van der Waals surface area (Å²) in [7, 11) is 0. The molecule has 0 saturated carbocycles. The van der Waals surface area contributed by atoms with E-state index in [2.05, 4.69) is 5.32 Å². The Labute approximate surface area is 128 Å². The molecule has 3 rings (SSSR count). The van der Waals surface area contributed by atoms with Gasteiger partial charge < -0.3 is 10.4 Å². The molecule has 0 bridgehead atoms. The van der Waals surface area contributed by atoms with Crippen LogP contribution in [0.4, 0.5) is 0 Å². The van der Waals surface area contributed by atoms with Crippen LogP contribution in [-0.4, -0.2) is 23.4 Å². The highest BCUT2D eigenvalue weighted by Gasteiger charge is 2.31. The van der Waals surface area contributed by atoms with Crippen LogP contribution in [0.1, 0.15) is 27.5 Å². The molecule has 21 heavy (non-hydrogen) atoms. The molecule has 2 N–H and O–H groups in total. The first-order chi connectivity index (χ1) is 10.2. The van der Waals surface area contributed by atoms with Gasteiger partial charge in [-0.05, 0) is 41.6 Å². The number of rotatable bonds is 3. The van der Waals surface area contributed by atoms with E-state index in [1.54, 1.807) is 11.8 Å². The first-order valence-electron chi connectivity index (χ1n) is 6.90. The van der Waals surface area contributed by atoms with Crippen molar-refractivity contribution in [1.29, 1.82) is 0 Å². The summed E-state index contributed by atoms with van der Waals surface area (Å²) in [5, 5.41) is 13.1. The lowest BCUT2D eigenvalue weighted by Gasteiger charge is -2.18. The Morgan fingerprint density at radius 1 is 1.19 bits per heavy atom. The van der Waals surface area contributed by atoms with Gasteiger partial charge in [-0.1, -0.05) is 24.3 Å². The summed E-state index contributed by atoms with van der Waals surface area (Å²) < 4.78 is 0. The molecule has 1 amide bonds. The second kappa shape index (κ2) is 5.92. The molecule has 108 valence electrons. The highest BCUT2D eigenvalue weighted by Crippen LogP contribution is 2.31. The van der Waals surface area contributed by atoms with E-state index in [1.165, 1.54) is 0 Å². The first-order valence-corrected chi connectivity index (χ1v) is 8.12. The van der Waals surface area contributed by atoms with Crippen molar-refractivity contribution >= 4 is 17.7 Å². The lowest BCUT2D eigenvalue weighted by atomic mass is 10.1. The van der Waals surface area contributed by atoms with E-state index >= 15 is 0 Å². The van der Waals surface area contributed by atoms with E-state index in [4.69, 9.17) is 0 Å². The average molecular weight is 299 g/mol. The van der Waals surface area contributed by atoms with E-state index in [0.29, 0.717) is 12.0 Å². The number of hydrogen-bond donors (Lipinski definition) is 2. The van der Waals surface area contributed by atoms with Crippen LogP contribution < -0.4 is 5.32 Å². The van der Waals surface area contributed by atoms with Crippen LogP contribution in [-0.2, 0) is 6.42 Å². The van der Waals surface area contributed by atoms with Crippen LogP contribution in [0, 0.1) is 0 Å². The summed E-state index contributed by atoms with van der Waals surface area (Å²) >= 11 is 1.64. The zero-order valence-electron chi connectivity index (χ0n) is 11.7. The minimum atomic E-state index is -0.558. The maximum absolute atomic E-state index is 12.3. The van der Waals surface area contributed by atoms with E-state index in [9.17, 15) is 9.90 Å². The average Bonchev–Trinajstić information content (AvgIpc) is 2.83. The highest BCUT2D eigenvalue weighted by atomic mass is 32.2. The van der Waals surface area contributed by atoms with Crippen LogP contribution in [0.25, 0.3) is 0 Å². The van der Waals surface area contributed by atoms with Crippen molar-refractivity contribution in [2.24, 2.45) is 0 Å². The molecule has 0 radical (unpaired) electrons. The third kappa shape index (κ3) is 2.82. The normalized spacial score (nSPS) is 20.1. The van der Waals surface area contributed by atoms with E-state index < -0.39 is 6.10 Å². The smallest absolute Gasteiger partial charge is 0.251 e. The van der Waals surface area contributed by atoms with Gasteiger partial charge in [0, 0.05) is 16.9 Å². The molecule has 0 spiro atoms. The van der Waals surface area contributed by atoms with Crippen molar-refractivity contribution in [2.75, 3.05) is 6.26 Å². The number of aliphatic hydroxyl groups is 1. The topological polar surface area (TPSA) is 49.3 Å². The van der Waals surface area contributed by atoms with Crippen LogP contribution in [0.15, 0.2) is 53.4 Å². The molecular formula is C17H17NO2S. The molecule has 3 nitrogen and oxygen atoms in total. The molecule has 0 fully saturated rings. The molecule has 2 atom stereocenters. The highest BCUT2D eigenvalue weighted by molar-refractivity contribution is 7.98. The molecule has 0 aromatic heterocycles. The molecule has 2 aromatic rings. The predicted molar refractivity (Wildman–Crippen MR) is 84.6 cm³/mol. The van der Waals surface area contributed by atoms with Gasteiger partial charge in [-0.15, -0.1) is 11.8 Å². The zero-order valence-corrected chi connectivity index (χ0v) is 12.6. The lowest BCUT2D eigenvalue weighted by Crippen LogP contribution is -2.33. The molecule has 2 aromatic carbocycles. The number of amides is 1. The van der Waals surface area contributed by atoms with E-state index in [0.717, 1.165) is 16.0 Å². The Morgan fingerprint density at radius 3 is 2.62 bits per heavy atom. The molecule has 0 heterocycles. The van der Waals surface area contributed by atoms with Crippen molar-refractivity contribution < 1.29 is 9.90 Å². The molecule has 0 unspecified atom stereocenters. The number of benzene rings is 2. The quantitative estimate of drug-likeness (QED) is 0.857. The monoisotopic (exact) mass is 299 g/mol. The van der Waals surface area contributed by atoms with Gasteiger partial charge in [-0.3, -0.25) is 4.79 Å². The third-order valence-electron chi connectivity index (χ3n) is 3.84. The summed E-state index contributed by atoms with van der Waals surface area (Å²) in [4.78, 5) is 13.4. The Morgan fingerprint density at radius 2 is 1.90 bits per heavy atom. The van der Waals surface area contributed by atoms with Gasteiger partial charge in [0.2, 0.25) is 0 Å². The Kier molecular flexibility index (Phi) is 3.99. The van der Waals surface area contributed by atoms with Crippen molar-refractivity contribution in [3.8, 4) is 0 Å². The summed E-state index contributed by atoms with van der Waals surface area (Å²) in [6.45, 7) is 0. The molecule has 0 saturated heterocycles. The van der Waals surface area contributed by atoms with Crippen molar-refractivity contribution in [2.45, 2.75) is 23.5 Å². The van der Waals surface area contributed by atoms with Gasteiger partial charge in [-0.2, -0.15) is 0 Å². The first kappa shape index (κ1) is 14.2. The molecule has 1 aliphatic carbocycles. The number of nitrogens with one attached hydrogen (secondary N) is 1. The minimum Gasteiger partial charge on any atom is -0.390 e. The minimum absolute atomic E-state index is 0.150. The lowest BCUT2D eigenvalue weighted by molar-refractivity contribution is 0.0858. The van der Waals surface area contributed by atoms with Gasteiger partial charge >= 0.3 is 0 Å². The molecule has 0 aliphatic heterocycles. The summed E-state index contributed by atoms with van der Waals surface area (Å²) in [5.41, 5.74) is 2.73. The SMILES string of the molecule is CSc1ccc(C(=O)N[C@H]2c3ccccc3C[C@H]2O)cc1. The molecular weight excluding hydrogens is 282 g/mol. The van der Waals surface area contributed by atoms with Gasteiger partial charge in [0.05, 0.1) is 12.1 Å². The standard InChI is InChI=1S/C17H17NO2S/c1-21-13-8-6-11(7-9-13)17(20)18-16-14-5-3-2-4-12(14)10-15(16)19/h2-9,15-16,19H,10H2,1H3,(H,18,20)/t15-,16+/m1/s1. The van der Waals surface area contributed by atoms with Crippen LogP contribution >= 0.6 is 11.8 Å². The number of thioether (sulfide) groups is 1. The number of aliphatic hydroxyl groups excluding tert-OH is 1. The number of carbonyl (C=O) groups excluding carboxylic acids is 1. The van der Waals surface area contributed by atoms with E-state index in [-0.39, 0.29) is 11.9 Å². The molecule has 4 heteroatoms. The fraction of sp³-hybridized carbons (Fsp3) is 0.235. The molecule has 1 aliphatic rings. The number of fused-ring (bicyclic) bond motifs is 1. The Bertz CT molecular complexity index is 654. The van der Waals surface area contributed by atoms with Crippen LogP contribution in [0.3, 0.4) is 0 Å².